The van der Waals surface area contributed by atoms with Crippen molar-refractivity contribution in [3.63, 3.8) is 0 Å². The largest absolute Gasteiger partial charge is 0.550 e. The van der Waals surface area contributed by atoms with Gasteiger partial charge >= 0.3 is 0 Å². The Bertz CT molecular complexity index is 481. The molecule has 0 spiro atoms. The molecule has 0 heterocycles. The number of hydrogen-bond acceptors (Lipinski definition) is 3. The van der Waals surface area contributed by atoms with Crippen molar-refractivity contribution in [2.24, 2.45) is 11.8 Å². The van der Waals surface area contributed by atoms with E-state index in [0.717, 1.165) is 38.6 Å². The topological polar surface area (TPSA) is 49.4 Å². The Morgan fingerprint density at radius 3 is 2.40 bits per heavy atom. The molecule has 0 aliphatic heterocycles. The molecular weight excluding hydrogens is 597 g/mol. The highest BCUT2D eigenvalue weighted by molar-refractivity contribution is 14.1. The molecule has 1 fully saturated rings. The molecule has 1 aromatic carbocycles. The van der Waals surface area contributed by atoms with Crippen molar-refractivity contribution in [3.05, 3.63) is 22.8 Å². The first-order valence-electron chi connectivity index (χ1n) is 6.47. The second-order valence-corrected chi connectivity index (χ2v) is 8.55. The fourth-order valence-corrected chi connectivity index (χ4v) is 6.47. The van der Waals surface area contributed by atoms with Gasteiger partial charge in [-0.05, 0) is 92.7 Å². The van der Waals surface area contributed by atoms with Gasteiger partial charge in [-0.3, -0.25) is 0 Å². The summed E-state index contributed by atoms with van der Waals surface area (Å²) in [6, 6.07) is 4.13. The van der Waals surface area contributed by atoms with Crippen LogP contribution >= 0.6 is 67.8 Å². The zero-order chi connectivity index (χ0) is 14.7. The maximum absolute atomic E-state index is 11.2. The molecule has 1 aliphatic rings. The van der Waals surface area contributed by atoms with Crippen LogP contribution in [-0.2, 0) is 4.79 Å². The fourth-order valence-electron chi connectivity index (χ4n) is 2.57. The average Bonchev–Trinajstić information content (AvgIpc) is 2.37. The predicted octanol–water partition coefficient (Wildman–Crippen LogP) is 3.44. The second kappa shape index (κ2) is 7.80. The number of rotatable bonds is 4. The lowest BCUT2D eigenvalue weighted by molar-refractivity contribution is -0.314. The average molecular weight is 611 g/mol. The molecule has 0 radical (unpaired) electrons. The number of ether oxygens (including phenoxy) is 1. The van der Waals surface area contributed by atoms with Crippen molar-refractivity contribution in [3.8, 4) is 5.75 Å². The van der Waals surface area contributed by atoms with Gasteiger partial charge in [-0.2, -0.15) is 0 Å². The maximum Gasteiger partial charge on any atom is 0.146 e. The Labute approximate surface area is 159 Å². The second-order valence-electron chi connectivity index (χ2n) is 4.98. The van der Waals surface area contributed by atoms with Crippen molar-refractivity contribution in [1.29, 1.82) is 0 Å². The summed E-state index contributed by atoms with van der Waals surface area (Å²) in [6.07, 6.45) is 3.69. The van der Waals surface area contributed by atoms with Gasteiger partial charge in [-0.15, -0.1) is 0 Å². The van der Waals surface area contributed by atoms with Crippen LogP contribution in [0.3, 0.4) is 0 Å². The van der Waals surface area contributed by atoms with Crippen LogP contribution in [0.25, 0.3) is 0 Å². The predicted molar refractivity (Wildman–Crippen MR) is 101 cm³/mol. The minimum atomic E-state index is -0.926. The van der Waals surface area contributed by atoms with Crippen LogP contribution in [0.5, 0.6) is 5.75 Å². The lowest BCUT2D eigenvalue weighted by Gasteiger charge is -2.32. The number of benzene rings is 1. The number of hydrogen-bond donors (Lipinski definition) is 0. The number of halogens is 3. The van der Waals surface area contributed by atoms with E-state index >= 15 is 0 Å². The lowest BCUT2D eigenvalue weighted by atomic mass is 9.80. The first-order chi connectivity index (χ1) is 9.49. The third-order valence-electron chi connectivity index (χ3n) is 3.62. The van der Waals surface area contributed by atoms with E-state index in [-0.39, 0.29) is 11.8 Å². The Hall–Kier alpha value is 0.680. The summed E-state index contributed by atoms with van der Waals surface area (Å²) in [5.41, 5.74) is 0. The van der Waals surface area contributed by atoms with Gasteiger partial charge in [0.05, 0.1) is 13.7 Å². The van der Waals surface area contributed by atoms with E-state index in [0.29, 0.717) is 6.61 Å². The Morgan fingerprint density at radius 1 is 1.20 bits per heavy atom. The smallest absolute Gasteiger partial charge is 0.146 e. The van der Waals surface area contributed by atoms with E-state index in [2.05, 4.69) is 79.9 Å². The van der Waals surface area contributed by atoms with Crippen LogP contribution in [0.4, 0.5) is 0 Å². The highest BCUT2D eigenvalue weighted by atomic mass is 127. The highest BCUT2D eigenvalue weighted by Gasteiger charge is 2.27. The molecule has 1 aromatic rings. The SMILES string of the molecule is O=C([O-])C1CCCCC1COc1c(I)cc(I)cc1I. The first kappa shape index (κ1) is 17.0. The van der Waals surface area contributed by atoms with E-state index in [1.807, 2.05) is 0 Å². The van der Waals surface area contributed by atoms with Crippen molar-refractivity contribution in [1.82, 2.24) is 0 Å². The van der Waals surface area contributed by atoms with Crippen LogP contribution in [-0.4, -0.2) is 12.6 Å². The first-order valence-corrected chi connectivity index (χ1v) is 9.71. The van der Waals surface area contributed by atoms with Gasteiger partial charge in [-0.1, -0.05) is 12.8 Å². The zero-order valence-corrected chi connectivity index (χ0v) is 17.2. The van der Waals surface area contributed by atoms with Crippen molar-refractivity contribution < 1.29 is 14.6 Å². The summed E-state index contributed by atoms with van der Waals surface area (Å²) in [7, 11) is 0. The molecule has 110 valence electrons. The molecule has 0 saturated heterocycles. The van der Waals surface area contributed by atoms with Crippen LogP contribution in [0.2, 0.25) is 0 Å². The number of carbonyl (C=O) groups is 1. The molecule has 0 aromatic heterocycles. The molecule has 1 aliphatic carbocycles. The van der Waals surface area contributed by atoms with E-state index < -0.39 is 5.97 Å². The molecular formula is C14H14I3O3-. The number of carboxylic acids is 1. The van der Waals surface area contributed by atoms with Crippen LogP contribution in [0, 0.1) is 22.5 Å². The highest BCUT2D eigenvalue weighted by Crippen LogP contribution is 2.33. The summed E-state index contributed by atoms with van der Waals surface area (Å²) in [5, 5.41) is 11.2. The summed E-state index contributed by atoms with van der Waals surface area (Å²) in [6.45, 7) is 0.464. The van der Waals surface area contributed by atoms with Gasteiger partial charge in [0.1, 0.15) is 5.75 Å². The number of carboxylic acid groups (broad SMARTS) is 1. The fraction of sp³-hybridized carbons (Fsp3) is 0.500. The van der Waals surface area contributed by atoms with Gasteiger partial charge < -0.3 is 14.6 Å². The Kier molecular flexibility index (Phi) is 6.64. The van der Waals surface area contributed by atoms with Gasteiger partial charge in [0.25, 0.3) is 0 Å². The minimum Gasteiger partial charge on any atom is -0.550 e. The summed E-state index contributed by atoms with van der Waals surface area (Å²) >= 11 is 6.80. The van der Waals surface area contributed by atoms with Crippen LogP contribution < -0.4 is 9.84 Å². The molecule has 3 nitrogen and oxygen atoms in total. The van der Waals surface area contributed by atoms with E-state index in [1.54, 1.807) is 0 Å². The van der Waals surface area contributed by atoms with Gasteiger partial charge in [0, 0.05) is 21.4 Å². The standard InChI is InChI=1S/C14H15I3O3/c15-9-5-11(16)13(12(17)6-9)20-7-8-3-1-2-4-10(8)14(18)19/h5-6,8,10H,1-4,7H2,(H,18,19)/p-1. The van der Waals surface area contributed by atoms with Crippen molar-refractivity contribution in [2.75, 3.05) is 6.61 Å². The molecule has 1 saturated carbocycles. The van der Waals surface area contributed by atoms with Crippen LogP contribution in [0.15, 0.2) is 12.1 Å². The monoisotopic (exact) mass is 611 g/mol. The normalized spacial score (nSPS) is 22.6. The number of aliphatic carboxylic acids is 1. The Balaban J connectivity index is 2.06. The molecule has 0 amide bonds. The third-order valence-corrected chi connectivity index (χ3v) is 5.84. The molecule has 2 atom stereocenters. The lowest BCUT2D eigenvalue weighted by Crippen LogP contribution is -2.39. The Morgan fingerprint density at radius 2 is 1.80 bits per heavy atom. The summed E-state index contributed by atoms with van der Waals surface area (Å²) < 4.78 is 9.25. The summed E-state index contributed by atoms with van der Waals surface area (Å²) in [4.78, 5) is 11.2. The zero-order valence-electron chi connectivity index (χ0n) is 10.7. The molecule has 2 rings (SSSR count). The van der Waals surface area contributed by atoms with Crippen molar-refractivity contribution >= 4 is 73.7 Å². The van der Waals surface area contributed by atoms with Gasteiger partial charge in [0.15, 0.2) is 0 Å². The van der Waals surface area contributed by atoms with Gasteiger partial charge in [-0.25, -0.2) is 0 Å². The van der Waals surface area contributed by atoms with Crippen LogP contribution in [0.1, 0.15) is 25.7 Å². The van der Waals surface area contributed by atoms with Crippen molar-refractivity contribution in [2.45, 2.75) is 25.7 Å². The molecule has 20 heavy (non-hydrogen) atoms. The number of carbonyl (C=O) groups excluding carboxylic acids is 1. The minimum absolute atomic E-state index is 0.0691. The third kappa shape index (κ3) is 4.34. The van der Waals surface area contributed by atoms with E-state index in [4.69, 9.17) is 4.74 Å². The molecule has 0 bridgehead atoms. The summed E-state index contributed by atoms with van der Waals surface area (Å²) in [5.74, 6) is -0.345. The van der Waals surface area contributed by atoms with E-state index in [9.17, 15) is 9.90 Å². The molecule has 0 N–H and O–H groups in total. The molecule has 6 heteroatoms. The molecule has 2 unspecified atom stereocenters. The van der Waals surface area contributed by atoms with E-state index in [1.165, 1.54) is 3.57 Å². The van der Waals surface area contributed by atoms with Gasteiger partial charge in [0.2, 0.25) is 0 Å². The maximum atomic E-state index is 11.2. The quantitative estimate of drug-likeness (QED) is 0.491.